The molecule has 0 aromatic carbocycles. The summed E-state index contributed by atoms with van der Waals surface area (Å²) in [5, 5.41) is 0. The molecule has 0 saturated carbocycles. The molecule has 0 bridgehead atoms. The van der Waals surface area contributed by atoms with Crippen LogP contribution in [0.25, 0.3) is 0 Å². The van der Waals surface area contributed by atoms with E-state index in [1.54, 1.807) is 0 Å². The Morgan fingerprint density at radius 2 is 2.08 bits per heavy atom. The molecule has 4 N–H and O–H groups in total. The maximum atomic E-state index is 11.1. The molecular weight excluding hydrogens is 168 g/mol. The van der Waals surface area contributed by atoms with Crippen molar-refractivity contribution in [3.63, 3.8) is 0 Å². The number of rotatable bonds is 8. The fourth-order valence-electron chi connectivity index (χ4n) is 1.10. The van der Waals surface area contributed by atoms with E-state index < -0.39 is 0 Å². The van der Waals surface area contributed by atoms with E-state index in [2.05, 4.69) is 0 Å². The number of hydrogen-bond donors (Lipinski definition) is 2. The van der Waals surface area contributed by atoms with E-state index in [9.17, 15) is 4.79 Å². The van der Waals surface area contributed by atoms with Crippen LogP contribution in [-0.2, 0) is 9.53 Å². The Kier molecular flexibility index (Phi) is 7.88. The molecule has 4 nitrogen and oxygen atoms in total. The van der Waals surface area contributed by atoms with Gasteiger partial charge in [0.2, 0.25) is 0 Å². The van der Waals surface area contributed by atoms with Crippen LogP contribution in [0.5, 0.6) is 0 Å². The predicted octanol–water partition coefficient (Wildman–Crippen LogP) is 0.0483. The third kappa shape index (κ3) is 6.69. The first-order chi connectivity index (χ1) is 6.22. The fraction of sp³-hybridized carbons (Fsp3) is 0.889. The lowest BCUT2D eigenvalue weighted by molar-refractivity contribution is -0.124. The highest BCUT2D eigenvalue weighted by Crippen LogP contribution is 2.02. The zero-order chi connectivity index (χ0) is 10.1. The molecule has 78 valence electrons. The predicted molar refractivity (Wildman–Crippen MR) is 52.4 cm³/mol. The maximum absolute atomic E-state index is 11.1. The largest absolute Gasteiger partial charge is 0.377 e. The van der Waals surface area contributed by atoms with Gasteiger partial charge in [0.05, 0.1) is 6.04 Å². The summed E-state index contributed by atoms with van der Waals surface area (Å²) in [4.78, 5) is 11.1. The normalized spacial score (nSPS) is 12.8. The summed E-state index contributed by atoms with van der Waals surface area (Å²) in [5.74, 6) is -0.0183. The minimum absolute atomic E-state index is 0.0183. The second-order valence-corrected chi connectivity index (χ2v) is 3.14. The summed E-state index contributed by atoms with van der Waals surface area (Å²) in [6.45, 7) is 0.833. The molecule has 0 aliphatic heterocycles. The summed E-state index contributed by atoms with van der Waals surface area (Å²) in [7, 11) is 1.50. The first-order valence-electron chi connectivity index (χ1n) is 4.69. The molecule has 0 spiro atoms. The first kappa shape index (κ1) is 12.6. The van der Waals surface area contributed by atoms with Gasteiger partial charge in [-0.2, -0.15) is 0 Å². The highest BCUT2D eigenvalue weighted by Gasteiger charge is 2.11. The van der Waals surface area contributed by atoms with Gasteiger partial charge in [-0.3, -0.25) is 4.79 Å². The van der Waals surface area contributed by atoms with Gasteiger partial charge in [-0.05, 0) is 19.4 Å². The Balaban J connectivity index is 3.38. The van der Waals surface area contributed by atoms with Crippen LogP contribution >= 0.6 is 0 Å². The molecule has 0 unspecified atom stereocenters. The van der Waals surface area contributed by atoms with E-state index in [4.69, 9.17) is 16.2 Å². The molecule has 13 heavy (non-hydrogen) atoms. The Labute approximate surface area is 79.6 Å². The standard InChI is InChI=1S/C9H20N2O2/c1-13-7-9(12)8(11)5-3-2-4-6-10/h8H,2-7,10-11H2,1H3/t8-/m0/s1. The molecule has 1 atom stereocenters. The van der Waals surface area contributed by atoms with E-state index in [1.165, 1.54) is 7.11 Å². The van der Waals surface area contributed by atoms with Crippen molar-refractivity contribution in [2.75, 3.05) is 20.3 Å². The van der Waals surface area contributed by atoms with Gasteiger partial charge in [0.25, 0.3) is 0 Å². The van der Waals surface area contributed by atoms with E-state index in [0.29, 0.717) is 6.54 Å². The van der Waals surface area contributed by atoms with E-state index in [0.717, 1.165) is 25.7 Å². The summed E-state index contributed by atoms with van der Waals surface area (Å²) in [6.07, 6.45) is 3.76. The molecule has 0 fully saturated rings. The lowest BCUT2D eigenvalue weighted by Gasteiger charge is -2.08. The van der Waals surface area contributed by atoms with Crippen LogP contribution in [0.3, 0.4) is 0 Å². The van der Waals surface area contributed by atoms with Crippen LogP contribution in [0.4, 0.5) is 0 Å². The maximum Gasteiger partial charge on any atom is 0.175 e. The number of carbonyl (C=O) groups excluding carboxylic acids is 1. The first-order valence-corrected chi connectivity index (χ1v) is 4.69. The Morgan fingerprint density at radius 3 is 2.62 bits per heavy atom. The number of nitrogens with two attached hydrogens (primary N) is 2. The average molecular weight is 188 g/mol. The van der Waals surface area contributed by atoms with Crippen molar-refractivity contribution in [3.8, 4) is 0 Å². The van der Waals surface area contributed by atoms with Gasteiger partial charge in [-0.15, -0.1) is 0 Å². The van der Waals surface area contributed by atoms with Crippen molar-refractivity contribution in [2.24, 2.45) is 11.5 Å². The smallest absolute Gasteiger partial charge is 0.175 e. The summed E-state index contributed by atoms with van der Waals surface area (Å²) < 4.78 is 4.70. The second kappa shape index (κ2) is 8.16. The highest BCUT2D eigenvalue weighted by atomic mass is 16.5. The quantitative estimate of drug-likeness (QED) is 0.527. The SMILES string of the molecule is COCC(=O)[C@@H](N)CCCCCN. The molecule has 0 aliphatic rings. The van der Waals surface area contributed by atoms with Crippen molar-refractivity contribution >= 4 is 5.78 Å². The van der Waals surface area contributed by atoms with Crippen molar-refractivity contribution in [3.05, 3.63) is 0 Å². The van der Waals surface area contributed by atoms with Gasteiger partial charge < -0.3 is 16.2 Å². The number of methoxy groups -OCH3 is 1. The van der Waals surface area contributed by atoms with Crippen LogP contribution in [0.1, 0.15) is 25.7 Å². The van der Waals surface area contributed by atoms with Crippen LogP contribution in [0.2, 0.25) is 0 Å². The Hall–Kier alpha value is -0.450. The van der Waals surface area contributed by atoms with Gasteiger partial charge in [0.1, 0.15) is 6.61 Å². The number of ether oxygens (including phenoxy) is 1. The third-order valence-electron chi connectivity index (χ3n) is 1.92. The molecular formula is C9H20N2O2. The van der Waals surface area contributed by atoms with Gasteiger partial charge >= 0.3 is 0 Å². The molecule has 0 saturated heterocycles. The Morgan fingerprint density at radius 1 is 1.38 bits per heavy atom. The minimum atomic E-state index is -0.363. The van der Waals surface area contributed by atoms with Crippen LogP contribution in [0, 0.1) is 0 Å². The van der Waals surface area contributed by atoms with Crippen molar-refractivity contribution in [1.82, 2.24) is 0 Å². The zero-order valence-electron chi connectivity index (χ0n) is 8.29. The molecule has 0 aromatic rings. The number of Topliss-reactive ketones (excluding diaryl/α,β-unsaturated/α-hetero) is 1. The topological polar surface area (TPSA) is 78.3 Å². The number of unbranched alkanes of at least 4 members (excludes halogenated alkanes) is 2. The van der Waals surface area contributed by atoms with Crippen molar-refractivity contribution in [2.45, 2.75) is 31.7 Å². The van der Waals surface area contributed by atoms with Crippen LogP contribution < -0.4 is 11.5 Å². The average Bonchev–Trinajstić information content (AvgIpc) is 2.12. The highest BCUT2D eigenvalue weighted by molar-refractivity contribution is 5.84. The summed E-state index contributed by atoms with van der Waals surface area (Å²) in [5.41, 5.74) is 11.0. The molecule has 0 radical (unpaired) electrons. The van der Waals surface area contributed by atoms with Gasteiger partial charge in [-0.1, -0.05) is 12.8 Å². The van der Waals surface area contributed by atoms with E-state index >= 15 is 0 Å². The Bertz CT molecular complexity index is 140. The number of carbonyl (C=O) groups is 1. The molecule has 0 aromatic heterocycles. The minimum Gasteiger partial charge on any atom is -0.377 e. The molecule has 0 aliphatic carbocycles. The monoisotopic (exact) mass is 188 g/mol. The second-order valence-electron chi connectivity index (χ2n) is 3.14. The van der Waals surface area contributed by atoms with Crippen molar-refractivity contribution in [1.29, 1.82) is 0 Å². The molecule has 0 rings (SSSR count). The van der Waals surface area contributed by atoms with E-state index in [1.807, 2.05) is 0 Å². The zero-order valence-corrected chi connectivity index (χ0v) is 8.29. The van der Waals surface area contributed by atoms with E-state index in [-0.39, 0.29) is 18.4 Å². The fourth-order valence-corrected chi connectivity index (χ4v) is 1.10. The third-order valence-corrected chi connectivity index (χ3v) is 1.92. The summed E-state index contributed by atoms with van der Waals surface area (Å²) in [6, 6.07) is -0.363. The lowest BCUT2D eigenvalue weighted by Crippen LogP contribution is -2.33. The molecule has 0 amide bonds. The number of hydrogen-bond acceptors (Lipinski definition) is 4. The van der Waals surface area contributed by atoms with Crippen LogP contribution in [0.15, 0.2) is 0 Å². The van der Waals surface area contributed by atoms with Gasteiger partial charge in [0.15, 0.2) is 5.78 Å². The van der Waals surface area contributed by atoms with Gasteiger partial charge in [-0.25, -0.2) is 0 Å². The van der Waals surface area contributed by atoms with Crippen LogP contribution in [-0.4, -0.2) is 32.1 Å². The number of ketones is 1. The van der Waals surface area contributed by atoms with Crippen molar-refractivity contribution < 1.29 is 9.53 Å². The lowest BCUT2D eigenvalue weighted by atomic mass is 10.1. The van der Waals surface area contributed by atoms with Gasteiger partial charge in [0, 0.05) is 7.11 Å². The molecule has 4 heteroatoms. The summed E-state index contributed by atoms with van der Waals surface area (Å²) >= 11 is 0. The molecule has 0 heterocycles.